The molecule has 48 heavy (non-hydrogen) atoms. The lowest BCUT2D eigenvalue weighted by atomic mass is 10.0. The summed E-state index contributed by atoms with van der Waals surface area (Å²) < 4.78 is 37.8. The van der Waals surface area contributed by atoms with Crippen LogP contribution in [0, 0.1) is 13.8 Å². The lowest BCUT2D eigenvalue weighted by molar-refractivity contribution is -0.117. The number of benzene rings is 4. The molecule has 1 N–H and O–H groups in total. The Morgan fingerprint density at radius 1 is 0.688 bits per heavy atom. The molecule has 0 spiro atoms. The number of nitrogens with zero attached hydrogens (tertiary/aromatic N) is 4. The molecule has 2 aliphatic carbocycles. The second kappa shape index (κ2) is 11.5. The highest BCUT2D eigenvalue weighted by Gasteiger charge is 2.32. The molecule has 2 aliphatic rings. The summed E-state index contributed by atoms with van der Waals surface area (Å²) in [5.74, 6) is 0.0195. The smallest absolute Gasteiger partial charge is 0.294 e. The molecule has 0 aliphatic heterocycles. The third-order valence-corrected chi connectivity index (χ3v) is 10.4. The van der Waals surface area contributed by atoms with Gasteiger partial charge in [-0.15, -0.1) is 0 Å². The molecule has 240 valence electrons. The average molecular weight is 655 g/mol. The van der Waals surface area contributed by atoms with E-state index in [4.69, 9.17) is 10.2 Å². The molecule has 6 aromatic rings. The molecule has 0 saturated heterocycles. The zero-order valence-electron chi connectivity index (χ0n) is 26.8. The topological polar surface area (TPSA) is 107 Å². The van der Waals surface area contributed by atoms with Gasteiger partial charge >= 0.3 is 0 Å². The summed E-state index contributed by atoms with van der Waals surface area (Å²) in [6.07, 6.45) is 1.60. The Morgan fingerprint density at radius 2 is 1.19 bits per heavy atom. The number of carbonyl (C=O) groups is 1. The Labute approximate surface area is 279 Å². The van der Waals surface area contributed by atoms with Crippen LogP contribution in [0.15, 0.2) is 95.9 Å². The van der Waals surface area contributed by atoms with E-state index in [9.17, 15) is 17.8 Å². The van der Waals surface area contributed by atoms with Crippen LogP contribution in [0.4, 0.5) is 0 Å². The summed E-state index contributed by atoms with van der Waals surface area (Å²) in [4.78, 5) is 13.8. The second-order valence-electron chi connectivity index (χ2n) is 13.0. The van der Waals surface area contributed by atoms with Gasteiger partial charge in [0.15, 0.2) is 0 Å². The van der Waals surface area contributed by atoms with E-state index in [1.807, 2.05) is 46.6 Å². The number of Topliss-reactive ketones (excluding diaryl/α,β-unsaturated/α-hetero) is 1. The Balaban J connectivity index is 1.13. The first-order chi connectivity index (χ1) is 23.1. The maximum Gasteiger partial charge on any atom is 0.294 e. The Kier molecular flexibility index (Phi) is 7.27. The summed E-state index contributed by atoms with van der Waals surface area (Å²) in [7, 11) is -4.39. The highest BCUT2D eigenvalue weighted by atomic mass is 32.2. The zero-order chi connectivity index (χ0) is 33.2. The minimum Gasteiger partial charge on any atom is -0.299 e. The minimum absolute atomic E-state index is 0.0195. The van der Waals surface area contributed by atoms with E-state index in [0.717, 1.165) is 56.9 Å². The van der Waals surface area contributed by atoms with Crippen molar-refractivity contribution in [3.63, 3.8) is 0 Å². The van der Waals surface area contributed by atoms with Crippen molar-refractivity contribution in [1.29, 1.82) is 0 Å². The number of carbonyl (C=O) groups excluding carboxylic acids is 1. The molecule has 2 heterocycles. The predicted octanol–water partition coefficient (Wildman–Crippen LogP) is 6.54. The molecular weight excluding hydrogens is 621 g/mol. The van der Waals surface area contributed by atoms with Crippen LogP contribution in [0.1, 0.15) is 55.9 Å². The van der Waals surface area contributed by atoms with Gasteiger partial charge in [0.25, 0.3) is 10.1 Å². The minimum atomic E-state index is -4.39. The van der Waals surface area contributed by atoms with Gasteiger partial charge < -0.3 is 0 Å². The van der Waals surface area contributed by atoms with Gasteiger partial charge in [0.1, 0.15) is 5.78 Å². The molecule has 0 unspecified atom stereocenters. The van der Waals surface area contributed by atoms with Gasteiger partial charge in [0, 0.05) is 35.1 Å². The van der Waals surface area contributed by atoms with E-state index in [1.54, 1.807) is 6.07 Å². The van der Waals surface area contributed by atoms with E-state index in [-0.39, 0.29) is 23.5 Å². The van der Waals surface area contributed by atoms with Gasteiger partial charge in [-0.1, -0.05) is 90.0 Å². The number of hydrogen-bond donors (Lipinski definition) is 1. The number of hydrogen-bond acceptors (Lipinski definition) is 5. The van der Waals surface area contributed by atoms with Crippen molar-refractivity contribution in [2.24, 2.45) is 0 Å². The van der Waals surface area contributed by atoms with Crippen LogP contribution in [-0.2, 0) is 53.7 Å². The van der Waals surface area contributed by atoms with E-state index in [1.165, 1.54) is 28.8 Å². The summed E-state index contributed by atoms with van der Waals surface area (Å²) in [5, 5.41) is 9.98. The van der Waals surface area contributed by atoms with Crippen molar-refractivity contribution in [1.82, 2.24) is 19.6 Å². The first-order valence-electron chi connectivity index (χ1n) is 16.1. The summed E-state index contributed by atoms with van der Waals surface area (Å²) in [6.45, 7) is 5.19. The second-order valence-corrected chi connectivity index (χ2v) is 14.5. The molecule has 0 saturated carbocycles. The molecule has 0 fully saturated rings. The lowest BCUT2D eigenvalue weighted by Gasteiger charge is -2.09. The fraction of sp³-hybridized carbons (Fsp3) is 0.205. The normalized spacial score (nSPS) is 12.9. The average Bonchev–Trinajstić information content (AvgIpc) is 3.79. The Bertz CT molecular complexity index is 2350. The third-order valence-electron chi connectivity index (χ3n) is 9.54. The van der Waals surface area contributed by atoms with Crippen LogP contribution < -0.4 is 0 Å². The van der Waals surface area contributed by atoms with Gasteiger partial charge in [-0.2, -0.15) is 18.6 Å². The van der Waals surface area contributed by atoms with E-state index >= 15 is 0 Å². The molecule has 4 aromatic carbocycles. The van der Waals surface area contributed by atoms with Crippen LogP contribution in [0.25, 0.3) is 22.5 Å². The third kappa shape index (κ3) is 5.48. The lowest BCUT2D eigenvalue weighted by Crippen LogP contribution is -2.12. The number of fused-ring (bicyclic) bond motifs is 6. The van der Waals surface area contributed by atoms with Crippen molar-refractivity contribution in [2.75, 3.05) is 0 Å². The Morgan fingerprint density at radius 3 is 1.73 bits per heavy atom. The molecule has 0 atom stereocenters. The van der Waals surface area contributed by atoms with Crippen LogP contribution in [0.5, 0.6) is 0 Å². The monoisotopic (exact) mass is 654 g/mol. The summed E-state index contributed by atoms with van der Waals surface area (Å²) in [5.41, 5.74) is 14.0. The van der Waals surface area contributed by atoms with Crippen LogP contribution in [0.3, 0.4) is 0 Å². The first kappa shape index (κ1) is 30.2. The highest BCUT2D eigenvalue weighted by Crippen LogP contribution is 2.41. The fourth-order valence-electron chi connectivity index (χ4n) is 7.13. The molecule has 0 bridgehead atoms. The maximum absolute atomic E-state index is 13.9. The summed E-state index contributed by atoms with van der Waals surface area (Å²) >= 11 is 0. The number of aromatic nitrogens is 4. The Hall–Kier alpha value is -5.12. The zero-order valence-corrected chi connectivity index (χ0v) is 27.6. The quantitative estimate of drug-likeness (QED) is 0.177. The highest BCUT2D eigenvalue weighted by molar-refractivity contribution is 7.85. The molecule has 2 aromatic heterocycles. The van der Waals surface area contributed by atoms with E-state index in [2.05, 4.69) is 49.4 Å². The summed E-state index contributed by atoms with van der Waals surface area (Å²) in [6, 6.07) is 29.7. The standard InChI is InChI=1S/C39H34N4O4S/c1-24-7-11-26(12-8-24)22-42-38-32-6-4-3-5-28(32)17-34(38)36(40-42)19-30(44)20-37-35-18-29-15-16-31(48(45,46)47)21-33(29)39(35)43(41-37)23-27-13-9-25(2)10-14-27/h3-16,21H,17-20,22-23H2,1-2H3,(H,45,46,47). The largest absolute Gasteiger partial charge is 0.299 e. The van der Waals surface area contributed by atoms with Crippen molar-refractivity contribution in [2.45, 2.75) is 57.5 Å². The number of ketones is 1. The van der Waals surface area contributed by atoms with Crippen LogP contribution >= 0.6 is 0 Å². The molecule has 0 radical (unpaired) electrons. The van der Waals surface area contributed by atoms with E-state index < -0.39 is 10.1 Å². The van der Waals surface area contributed by atoms with Gasteiger partial charge in [-0.05, 0) is 48.2 Å². The number of aryl methyl sites for hydroxylation is 2. The molecule has 0 amide bonds. The molecule has 8 rings (SSSR count). The van der Waals surface area contributed by atoms with Gasteiger partial charge in [-0.3, -0.25) is 18.7 Å². The van der Waals surface area contributed by atoms with Crippen molar-refractivity contribution in [3.05, 3.63) is 147 Å². The number of rotatable bonds is 9. The molecular formula is C39H34N4O4S. The van der Waals surface area contributed by atoms with Crippen molar-refractivity contribution < 1.29 is 17.8 Å². The fourth-order valence-corrected chi connectivity index (χ4v) is 7.64. The van der Waals surface area contributed by atoms with Crippen molar-refractivity contribution in [3.8, 4) is 22.5 Å². The van der Waals surface area contributed by atoms with Gasteiger partial charge in [0.2, 0.25) is 0 Å². The van der Waals surface area contributed by atoms with Crippen molar-refractivity contribution >= 4 is 15.9 Å². The van der Waals surface area contributed by atoms with Gasteiger partial charge in [0.05, 0.1) is 53.6 Å². The molecule has 8 nitrogen and oxygen atoms in total. The SMILES string of the molecule is Cc1ccc(Cn2nc(CC(=O)Cc3nn(Cc4ccc(C)cc4)c4c3Cc3ccc(S(=O)(=O)O)cc3-4)c3c2-c2ccccc2C3)cc1. The maximum atomic E-state index is 13.9. The van der Waals surface area contributed by atoms with Gasteiger partial charge in [-0.25, -0.2) is 0 Å². The predicted molar refractivity (Wildman–Crippen MR) is 184 cm³/mol. The van der Waals surface area contributed by atoms with Crippen LogP contribution in [-0.4, -0.2) is 38.3 Å². The first-order valence-corrected chi connectivity index (χ1v) is 17.5. The molecule has 9 heteroatoms. The van der Waals surface area contributed by atoms with Crippen LogP contribution in [0.2, 0.25) is 0 Å². The van der Waals surface area contributed by atoms with E-state index in [0.29, 0.717) is 30.8 Å².